The number of rotatable bonds is 3. The smallest absolute Gasteiger partial charge is 0.235 e. The molecule has 3 atom stereocenters. The second-order valence-corrected chi connectivity index (χ2v) is 9.63. The number of imide groups is 1. The number of hydrogen-bond acceptors (Lipinski definition) is 5. The highest BCUT2D eigenvalue weighted by atomic mass is 79.9. The quantitative estimate of drug-likeness (QED) is 0.639. The van der Waals surface area contributed by atoms with Crippen LogP contribution < -0.4 is 9.47 Å². The van der Waals surface area contributed by atoms with E-state index in [0.29, 0.717) is 11.5 Å². The van der Waals surface area contributed by atoms with E-state index in [2.05, 4.69) is 34.7 Å². The van der Waals surface area contributed by atoms with Gasteiger partial charge < -0.3 is 9.47 Å². The molecule has 3 aliphatic rings. The van der Waals surface area contributed by atoms with E-state index in [1.165, 1.54) is 4.90 Å². The molecule has 0 aliphatic carbocycles. The van der Waals surface area contributed by atoms with Crippen LogP contribution in [0.5, 0.6) is 11.5 Å². The molecular formula is C23H23BrN2O4. The lowest BCUT2D eigenvalue weighted by atomic mass is 9.81. The van der Waals surface area contributed by atoms with E-state index in [1.54, 1.807) is 0 Å². The zero-order valence-corrected chi connectivity index (χ0v) is 18.7. The van der Waals surface area contributed by atoms with Crippen molar-refractivity contribution in [1.29, 1.82) is 0 Å². The second-order valence-electron chi connectivity index (χ2n) is 8.71. The van der Waals surface area contributed by atoms with Gasteiger partial charge in [-0.3, -0.25) is 19.4 Å². The van der Waals surface area contributed by atoms with E-state index in [4.69, 9.17) is 9.47 Å². The van der Waals surface area contributed by atoms with Crippen LogP contribution in [0.25, 0.3) is 0 Å². The van der Waals surface area contributed by atoms with Gasteiger partial charge in [-0.05, 0) is 56.3 Å². The second kappa shape index (κ2) is 6.82. The normalized spacial score (nSPS) is 27.1. The first-order valence-electron chi connectivity index (χ1n) is 10.0. The Kier molecular flexibility index (Phi) is 4.45. The first-order valence-corrected chi connectivity index (χ1v) is 10.8. The Morgan fingerprint density at radius 2 is 1.73 bits per heavy atom. The zero-order valence-electron chi connectivity index (χ0n) is 17.1. The maximum absolute atomic E-state index is 13.5. The summed E-state index contributed by atoms with van der Waals surface area (Å²) in [5.74, 6) is 0.366. The number of fused-ring (bicyclic) bond motifs is 2. The van der Waals surface area contributed by atoms with Gasteiger partial charge in [0.05, 0.1) is 18.4 Å². The van der Waals surface area contributed by atoms with Crippen molar-refractivity contribution in [2.75, 3.05) is 13.8 Å². The Morgan fingerprint density at radius 3 is 2.47 bits per heavy atom. The van der Waals surface area contributed by atoms with E-state index >= 15 is 0 Å². The standard InChI is InChI=1S/C23H23BrN2O4/c1-23(2)19-18(20(25(23)3)14-5-7-15(24)8-6-14)21(27)26(22(19)28)11-13-4-9-16-17(10-13)30-12-29-16/h4-10,18-20H,11-12H2,1-3H3. The SMILES string of the molecule is CN1C(c2ccc(Br)cc2)C2C(=O)N(Cc3ccc4c(c3)OCO4)C(=O)C2C1(C)C. The number of amides is 2. The summed E-state index contributed by atoms with van der Waals surface area (Å²) in [6, 6.07) is 13.4. The fraction of sp³-hybridized carbons (Fsp3) is 0.391. The summed E-state index contributed by atoms with van der Waals surface area (Å²) in [5, 5.41) is 0. The molecule has 0 spiro atoms. The molecule has 3 unspecified atom stereocenters. The summed E-state index contributed by atoms with van der Waals surface area (Å²) in [7, 11) is 2.01. The highest BCUT2D eigenvalue weighted by molar-refractivity contribution is 9.10. The fourth-order valence-electron chi connectivity index (χ4n) is 5.10. The van der Waals surface area contributed by atoms with Crippen molar-refractivity contribution in [3.05, 3.63) is 58.1 Å². The third-order valence-electron chi connectivity index (χ3n) is 6.86. The van der Waals surface area contributed by atoms with Crippen LogP contribution in [0.4, 0.5) is 0 Å². The molecule has 156 valence electrons. The molecule has 2 aromatic carbocycles. The maximum atomic E-state index is 13.5. The topological polar surface area (TPSA) is 59.1 Å². The van der Waals surface area contributed by atoms with Gasteiger partial charge in [0.1, 0.15) is 0 Å². The summed E-state index contributed by atoms with van der Waals surface area (Å²) >= 11 is 3.48. The summed E-state index contributed by atoms with van der Waals surface area (Å²) in [5.41, 5.74) is 1.47. The minimum absolute atomic E-state index is 0.0980. The molecular weight excluding hydrogens is 448 g/mol. The minimum Gasteiger partial charge on any atom is -0.454 e. The van der Waals surface area contributed by atoms with E-state index in [-0.39, 0.29) is 37.1 Å². The van der Waals surface area contributed by atoms with Crippen molar-refractivity contribution in [3.63, 3.8) is 0 Å². The molecule has 30 heavy (non-hydrogen) atoms. The summed E-state index contributed by atoms with van der Waals surface area (Å²) in [6.45, 7) is 4.55. The van der Waals surface area contributed by atoms with Crippen molar-refractivity contribution >= 4 is 27.7 Å². The highest BCUT2D eigenvalue weighted by Gasteiger charge is 2.64. The van der Waals surface area contributed by atoms with Gasteiger partial charge in [0.15, 0.2) is 11.5 Å². The molecule has 0 aromatic heterocycles. The number of ether oxygens (including phenoxy) is 2. The van der Waals surface area contributed by atoms with Gasteiger partial charge in [0.2, 0.25) is 18.6 Å². The highest BCUT2D eigenvalue weighted by Crippen LogP contribution is 2.54. The molecule has 5 rings (SSSR count). The lowest BCUT2D eigenvalue weighted by Crippen LogP contribution is -2.46. The number of likely N-dealkylation sites (tertiary alicyclic amines) is 2. The van der Waals surface area contributed by atoms with E-state index in [0.717, 1.165) is 15.6 Å². The van der Waals surface area contributed by atoms with Crippen molar-refractivity contribution in [2.24, 2.45) is 11.8 Å². The number of benzene rings is 2. The molecule has 2 aromatic rings. The van der Waals surface area contributed by atoms with Gasteiger partial charge in [-0.15, -0.1) is 0 Å². The first kappa shape index (κ1) is 19.6. The largest absolute Gasteiger partial charge is 0.454 e. The molecule has 2 saturated heterocycles. The van der Waals surface area contributed by atoms with Crippen LogP contribution in [0.15, 0.2) is 46.9 Å². The summed E-state index contributed by atoms with van der Waals surface area (Å²) in [4.78, 5) is 30.6. The maximum Gasteiger partial charge on any atom is 0.235 e. The average Bonchev–Trinajstić information content (AvgIpc) is 3.33. The average molecular weight is 471 g/mol. The van der Waals surface area contributed by atoms with Crippen LogP contribution in [0.2, 0.25) is 0 Å². The molecule has 0 bridgehead atoms. The molecule has 7 heteroatoms. The molecule has 2 fully saturated rings. The van der Waals surface area contributed by atoms with Crippen molar-refractivity contribution in [1.82, 2.24) is 9.80 Å². The lowest BCUT2D eigenvalue weighted by molar-refractivity contribution is -0.143. The van der Waals surface area contributed by atoms with Crippen LogP contribution in [0.1, 0.15) is 31.0 Å². The zero-order chi connectivity index (χ0) is 21.2. The van der Waals surface area contributed by atoms with Gasteiger partial charge in [-0.2, -0.15) is 0 Å². The number of carbonyl (C=O) groups is 2. The monoisotopic (exact) mass is 470 g/mol. The predicted octanol–water partition coefficient (Wildman–Crippen LogP) is 3.74. The van der Waals surface area contributed by atoms with Crippen molar-refractivity contribution in [2.45, 2.75) is 32.0 Å². The molecule has 3 aliphatic heterocycles. The van der Waals surface area contributed by atoms with E-state index in [1.807, 2.05) is 49.5 Å². The first-order chi connectivity index (χ1) is 14.3. The summed E-state index contributed by atoms with van der Waals surface area (Å²) < 4.78 is 11.8. The van der Waals surface area contributed by atoms with Gasteiger partial charge in [-0.1, -0.05) is 34.1 Å². The minimum atomic E-state index is -0.432. The van der Waals surface area contributed by atoms with Gasteiger partial charge in [-0.25, -0.2) is 0 Å². The van der Waals surface area contributed by atoms with Crippen molar-refractivity contribution < 1.29 is 19.1 Å². The number of nitrogens with zero attached hydrogens (tertiary/aromatic N) is 2. The Bertz CT molecular complexity index is 1040. The van der Waals surface area contributed by atoms with Crippen LogP contribution in [0, 0.1) is 11.8 Å². The predicted molar refractivity (Wildman–Crippen MR) is 114 cm³/mol. The number of halogens is 1. The van der Waals surface area contributed by atoms with Crippen LogP contribution >= 0.6 is 15.9 Å². The van der Waals surface area contributed by atoms with Crippen LogP contribution in [-0.2, 0) is 16.1 Å². The van der Waals surface area contributed by atoms with E-state index in [9.17, 15) is 9.59 Å². The summed E-state index contributed by atoms with van der Waals surface area (Å²) in [6.07, 6.45) is 0. The molecule has 0 radical (unpaired) electrons. The molecule has 3 heterocycles. The third-order valence-corrected chi connectivity index (χ3v) is 7.39. The molecule has 6 nitrogen and oxygen atoms in total. The third kappa shape index (κ3) is 2.79. The van der Waals surface area contributed by atoms with E-state index < -0.39 is 11.5 Å². The van der Waals surface area contributed by atoms with Crippen LogP contribution in [0.3, 0.4) is 0 Å². The fourth-order valence-corrected chi connectivity index (χ4v) is 5.36. The Morgan fingerprint density at radius 1 is 1.03 bits per heavy atom. The Hall–Kier alpha value is -2.38. The Balaban J connectivity index is 1.48. The Labute approximate surface area is 183 Å². The number of carbonyl (C=O) groups excluding carboxylic acids is 2. The number of hydrogen-bond donors (Lipinski definition) is 0. The molecule has 0 saturated carbocycles. The lowest BCUT2D eigenvalue weighted by Gasteiger charge is -2.36. The van der Waals surface area contributed by atoms with Crippen molar-refractivity contribution in [3.8, 4) is 11.5 Å². The molecule has 2 amide bonds. The van der Waals surface area contributed by atoms with Gasteiger partial charge in [0, 0.05) is 16.1 Å². The van der Waals surface area contributed by atoms with Crippen LogP contribution in [-0.4, -0.2) is 41.0 Å². The molecule has 0 N–H and O–H groups in total. The van der Waals surface area contributed by atoms with Gasteiger partial charge in [0.25, 0.3) is 0 Å². The van der Waals surface area contributed by atoms with Gasteiger partial charge >= 0.3 is 0 Å².